The van der Waals surface area contributed by atoms with Gasteiger partial charge in [-0.1, -0.05) is 0 Å². The summed E-state index contributed by atoms with van der Waals surface area (Å²) in [4.78, 5) is 5.05. The van der Waals surface area contributed by atoms with Crippen LogP contribution in [-0.2, 0) is 0 Å². The highest BCUT2D eigenvalue weighted by Crippen LogP contribution is 2.12. The Labute approximate surface area is 63.5 Å². The predicted octanol–water partition coefficient (Wildman–Crippen LogP) is 1.99. The number of rotatable bonds is 1. The van der Waals surface area contributed by atoms with E-state index in [0.29, 0.717) is 0 Å². The first-order chi connectivity index (χ1) is 4.83. The summed E-state index contributed by atoms with van der Waals surface area (Å²) in [6, 6.07) is 1.92. The van der Waals surface area contributed by atoms with Crippen molar-refractivity contribution in [3.05, 3.63) is 22.2 Å². The number of nitrogens with zero attached hydrogens (tertiary/aromatic N) is 2. The van der Waals surface area contributed by atoms with Crippen LogP contribution in [0, 0.1) is 18.3 Å². The van der Waals surface area contributed by atoms with Gasteiger partial charge in [-0.15, -0.1) is 11.3 Å². The van der Waals surface area contributed by atoms with Gasteiger partial charge in [-0.05, 0) is 13.0 Å². The number of hydrogen-bond acceptors (Lipinski definition) is 3. The van der Waals surface area contributed by atoms with Gasteiger partial charge in [-0.2, -0.15) is 5.26 Å². The molecule has 0 fully saturated rings. The van der Waals surface area contributed by atoms with E-state index in [-0.39, 0.29) is 0 Å². The molecule has 0 aromatic carbocycles. The van der Waals surface area contributed by atoms with Gasteiger partial charge < -0.3 is 0 Å². The van der Waals surface area contributed by atoms with Crippen LogP contribution >= 0.6 is 11.3 Å². The molecule has 0 N–H and O–H groups in total. The first-order valence-corrected chi connectivity index (χ1v) is 3.63. The maximum Gasteiger partial charge on any atom is 0.0912 e. The molecule has 1 aromatic rings. The molecular weight excluding hydrogens is 144 g/mol. The van der Waals surface area contributed by atoms with Gasteiger partial charge in [0.2, 0.25) is 0 Å². The van der Waals surface area contributed by atoms with Gasteiger partial charge in [0, 0.05) is 17.2 Å². The molecule has 0 amide bonds. The normalized spacial score (nSPS) is 10.0. The van der Waals surface area contributed by atoms with Crippen LogP contribution in [-0.4, -0.2) is 4.98 Å². The van der Waals surface area contributed by atoms with Gasteiger partial charge in [0.25, 0.3) is 0 Å². The van der Waals surface area contributed by atoms with Crippen LogP contribution in [0.25, 0.3) is 6.08 Å². The zero-order valence-electron chi connectivity index (χ0n) is 5.53. The van der Waals surface area contributed by atoms with Crippen LogP contribution in [0.1, 0.15) is 9.88 Å². The molecule has 3 heteroatoms. The lowest BCUT2D eigenvalue weighted by Gasteiger charge is -1.74. The second-order valence-corrected chi connectivity index (χ2v) is 3.01. The van der Waals surface area contributed by atoms with Crippen molar-refractivity contribution in [1.82, 2.24) is 4.98 Å². The Hall–Kier alpha value is -1.14. The predicted molar refractivity (Wildman–Crippen MR) is 41.5 cm³/mol. The second-order valence-electron chi connectivity index (χ2n) is 1.74. The van der Waals surface area contributed by atoms with Crippen LogP contribution in [0.5, 0.6) is 0 Å². The van der Waals surface area contributed by atoms with E-state index in [9.17, 15) is 0 Å². The molecule has 0 unspecified atom stereocenters. The number of nitriles is 1. The molecule has 50 valence electrons. The molecular formula is C7H6N2S. The Balaban J connectivity index is 2.78. The molecule has 0 aliphatic rings. The van der Waals surface area contributed by atoms with Crippen molar-refractivity contribution < 1.29 is 0 Å². The number of thiazole rings is 1. The van der Waals surface area contributed by atoms with E-state index in [1.165, 1.54) is 6.08 Å². The molecule has 2 nitrogen and oxygen atoms in total. The molecule has 0 saturated heterocycles. The van der Waals surface area contributed by atoms with Gasteiger partial charge in [-0.25, -0.2) is 4.98 Å². The fraction of sp³-hybridized carbons (Fsp3) is 0.143. The van der Waals surface area contributed by atoms with Gasteiger partial charge in [0.1, 0.15) is 0 Å². The summed E-state index contributed by atoms with van der Waals surface area (Å²) in [5.41, 5.74) is 0. The van der Waals surface area contributed by atoms with Crippen molar-refractivity contribution >= 4 is 17.4 Å². The van der Waals surface area contributed by atoms with Crippen molar-refractivity contribution in [3.8, 4) is 6.07 Å². The highest BCUT2D eigenvalue weighted by atomic mass is 32.1. The molecule has 10 heavy (non-hydrogen) atoms. The van der Waals surface area contributed by atoms with E-state index in [1.54, 1.807) is 23.6 Å². The summed E-state index contributed by atoms with van der Waals surface area (Å²) in [6.07, 6.45) is 4.96. The minimum absolute atomic E-state index is 1.03. The van der Waals surface area contributed by atoms with E-state index >= 15 is 0 Å². The summed E-state index contributed by atoms with van der Waals surface area (Å²) in [6.45, 7) is 1.94. The molecule has 1 rings (SSSR count). The van der Waals surface area contributed by atoms with Crippen molar-refractivity contribution in [3.63, 3.8) is 0 Å². The van der Waals surface area contributed by atoms with Crippen LogP contribution < -0.4 is 0 Å². The van der Waals surface area contributed by atoms with E-state index in [2.05, 4.69) is 4.98 Å². The maximum absolute atomic E-state index is 8.18. The lowest BCUT2D eigenvalue weighted by atomic mass is 10.5. The first-order valence-electron chi connectivity index (χ1n) is 2.81. The Morgan fingerprint density at radius 3 is 3.10 bits per heavy atom. The smallest absolute Gasteiger partial charge is 0.0912 e. The average molecular weight is 150 g/mol. The van der Waals surface area contributed by atoms with Crippen LogP contribution in [0.4, 0.5) is 0 Å². The molecule has 0 saturated carbocycles. The van der Waals surface area contributed by atoms with Crippen LogP contribution in [0.3, 0.4) is 0 Å². The lowest BCUT2D eigenvalue weighted by Crippen LogP contribution is -1.57. The SMILES string of the molecule is Cc1ncc(C=CC#N)s1. The van der Waals surface area contributed by atoms with Gasteiger partial charge in [0.05, 0.1) is 11.1 Å². The highest BCUT2D eigenvalue weighted by Gasteiger charge is 1.90. The molecule has 0 aliphatic carbocycles. The fourth-order valence-corrected chi connectivity index (χ4v) is 1.26. The van der Waals surface area contributed by atoms with Gasteiger partial charge >= 0.3 is 0 Å². The summed E-state index contributed by atoms with van der Waals surface area (Å²) in [7, 11) is 0. The largest absolute Gasteiger partial charge is 0.249 e. The van der Waals surface area contributed by atoms with Crippen molar-refractivity contribution in [2.75, 3.05) is 0 Å². The number of aryl methyl sites for hydroxylation is 1. The number of hydrogen-bond donors (Lipinski definition) is 0. The summed E-state index contributed by atoms with van der Waals surface area (Å²) in [5.74, 6) is 0. The molecule has 0 aliphatic heterocycles. The van der Waals surface area contributed by atoms with Gasteiger partial charge in [0.15, 0.2) is 0 Å². The molecule has 0 spiro atoms. The average Bonchev–Trinajstić information content (AvgIpc) is 2.31. The second kappa shape index (κ2) is 3.14. The fourth-order valence-electron chi connectivity index (χ4n) is 0.574. The molecule has 1 aromatic heterocycles. The van der Waals surface area contributed by atoms with E-state index in [1.807, 2.05) is 13.0 Å². The summed E-state index contributed by atoms with van der Waals surface area (Å²) >= 11 is 1.58. The topological polar surface area (TPSA) is 36.7 Å². The zero-order chi connectivity index (χ0) is 7.40. The lowest BCUT2D eigenvalue weighted by molar-refractivity contribution is 1.30. The standard InChI is InChI=1S/C7H6N2S/c1-6-9-5-7(10-6)3-2-4-8/h2-3,5H,1H3. The van der Waals surface area contributed by atoms with Crippen molar-refractivity contribution in [1.29, 1.82) is 5.26 Å². The highest BCUT2D eigenvalue weighted by molar-refractivity contribution is 7.12. The van der Waals surface area contributed by atoms with Crippen LogP contribution in [0.2, 0.25) is 0 Å². The number of allylic oxidation sites excluding steroid dienone is 1. The van der Waals surface area contributed by atoms with Crippen molar-refractivity contribution in [2.45, 2.75) is 6.92 Å². The zero-order valence-corrected chi connectivity index (χ0v) is 6.35. The molecule has 0 bridgehead atoms. The molecule has 0 radical (unpaired) electrons. The van der Waals surface area contributed by atoms with E-state index in [0.717, 1.165) is 9.88 Å². The molecule has 0 atom stereocenters. The first kappa shape index (κ1) is 6.97. The van der Waals surface area contributed by atoms with E-state index < -0.39 is 0 Å². The quantitative estimate of drug-likeness (QED) is 0.574. The third-order valence-corrected chi connectivity index (χ3v) is 1.84. The minimum Gasteiger partial charge on any atom is -0.249 e. The minimum atomic E-state index is 1.03. The Morgan fingerprint density at radius 1 is 1.80 bits per heavy atom. The summed E-state index contributed by atoms with van der Waals surface area (Å²) in [5, 5.41) is 9.21. The van der Waals surface area contributed by atoms with Gasteiger partial charge in [-0.3, -0.25) is 0 Å². The van der Waals surface area contributed by atoms with Crippen molar-refractivity contribution in [2.24, 2.45) is 0 Å². The third kappa shape index (κ3) is 1.67. The van der Waals surface area contributed by atoms with E-state index in [4.69, 9.17) is 5.26 Å². The van der Waals surface area contributed by atoms with Crippen LogP contribution in [0.15, 0.2) is 12.3 Å². The number of aromatic nitrogens is 1. The summed E-state index contributed by atoms with van der Waals surface area (Å²) < 4.78 is 0. The third-order valence-electron chi connectivity index (χ3n) is 0.961. The Bertz CT molecular complexity index is 280. The monoisotopic (exact) mass is 150 g/mol. The Kier molecular flexibility index (Phi) is 2.19. The maximum atomic E-state index is 8.18. The molecule has 1 heterocycles. The Morgan fingerprint density at radius 2 is 2.60 bits per heavy atom.